The van der Waals surface area contributed by atoms with Gasteiger partial charge in [0, 0.05) is 6.92 Å². The van der Waals surface area contributed by atoms with Gasteiger partial charge in [-0.15, -0.1) is 0 Å². The van der Waals surface area contributed by atoms with Gasteiger partial charge >= 0.3 is 19.1 Å². The van der Waals surface area contributed by atoms with Gasteiger partial charge in [-0.3, -0.25) is 4.79 Å². The van der Waals surface area contributed by atoms with Crippen molar-refractivity contribution < 1.29 is 28.4 Å². The number of hydrogen-bond donors (Lipinski definition) is 0. The summed E-state index contributed by atoms with van der Waals surface area (Å²) < 4.78 is 22.0. The van der Waals surface area contributed by atoms with Crippen molar-refractivity contribution in [2.75, 3.05) is 7.11 Å². The third-order valence-electron chi connectivity index (χ3n) is 4.51. The molecule has 0 spiro atoms. The van der Waals surface area contributed by atoms with Crippen molar-refractivity contribution >= 4 is 24.5 Å². The fourth-order valence-electron chi connectivity index (χ4n) is 2.34. The molecule has 130 valence electrons. The lowest BCUT2D eigenvalue weighted by atomic mass is 9.75. The highest BCUT2D eigenvalue weighted by atomic mass is 16.7. The maximum absolute atomic E-state index is 11.8. The monoisotopic (exact) mass is 334 g/mol. The number of benzene rings is 1. The average Bonchev–Trinajstić information content (AvgIpc) is 2.72. The Morgan fingerprint density at radius 3 is 2.21 bits per heavy atom. The summed E-state index contributed by atoms with van der Waals surface area (Å²) in [5.41, 5.74) is 0.720. The Hall–Kier alpha value is -1.86. The largest absolute Gasteiger partial charge is 0.495 e. The Kier molecular flexibility index (Phi) is 5.06. The second-order valence-electron chi connectivity index (χ2n) is 6.77. The Labute approximate surface area is 142 Å². The van der Waals surface area contributed by atoms with Gasteiger partial charge in [0.2, 0.25) is 0 Å². The smallest absolute Gasteiger partial charge is 0.465 e. The Bertz CT molecular complexity index is 636. The number of carbonyl (C=O) groups excluding carboxylic acids is 2. The normalized spacial score (nSPS) is 18.3. The van der Waals surface area contributed by atoms with Gasteiger partial charge in [0.05, 0.1) is 23.9 Å². The first kappa shape index (κ1) is 18.5. The zero-order chi connectivity index (χ0) is 18.1. The van der Waals surface area contributed by atoms with Crippen LogP contribution in [0.3, 0.4) is 0 Å². The van der Waals surface area contributed by atoms with Crippen molar-refractivity contribution in [3.8, 4) is 0 Å². The van der Waals surface area contributed by atoms with Gasteiger partial charge < -0.3 is 18.8 Å². The van der Waals surface area contributed by atoms with Crippen LogP contribution in [0.1, 0.15) is 50.5 Å². The molecule has 0 unspecified atom stereocenters. The van der Waals surface area contributed by atoms with Gasteiger partial charge in [-0.05, 0) is 50.9 Å². The van der Waals surface area contributed by atoms with Crippen LogP contribution in [0.25, 0.3) is 0 Å². The molecule has 0 aliphatic carbocycles. The molecule has 1 aromatic rings. The molecule has 0 bridgehead atoms. The highest BCUT2D eigenvalue weighted by Crippen LogP contribution is 2.36. The van der Waals surface area contributed by atoms with Crippen LogP contribution in [0, 0.1) is 0 Å². The van der Waals surface area contributed by atoms with E-state index in [0.29, 0.717) is 11.0 Å². The van der Waals surface area contributed by atoms with E-state index in [-0.39, 0.29) is 12.6 Å². The zero-order valence-corrected chi connectivity index (χ0v) is 15.0. The van der Waals surface area contributed by atoms with Crippen LogP contribution >= 0.6 is 0 Å². The van der Waals surface area contributed by atoms with Crippen molar-refractivity contribution in [2.24, 2.45) is 0 Å². The Morgan fingerprint density at radius 2 is 1.71 bits per heavy atom. The van der Waals surface area contributed by atoms with Crippen molar-refractivity contribution in [3.63, 3.8) is 0 Å². The molecule has 24 heavy (non-hydrogen) atoms. The van der Waals surface area contributed by atoms with Crippen LogP contribution in [-0.4, -0.2) is 37.4 Å². The van der Waals surface area contributed by atoms with Crippen molar-refractivity contribution in [3.05, 3.63) is 29.3 Å². The molecule has 0 saturated carbocycles. The zero-order valence-electron chi connectivity index (χ0n) is 15.0. The number of methoxy groups -OCH3 is 1. The van der Waals surface area contributed by atoms with Gasteiger partial charge in [-0.1, -0.05) is 6.07 Å². The topological polar surface area (TPSA) is 71.1 Å². The Balaban J connectivity index is 2.41. The first-order valence-electron chi connectivity index (χ1n) is 7.77. The van der Waals surface area contributed by atoms with Crippen LogP contribution in [0.15, 0.2) is 18.2 Å². The molecule has 0 N–H and O–H groups in total. The second kappa shape index (κ2) is 6.57. The molecular formula is C17H23BO6. The number of hydrogen-bond acceptors (Lipinski definition) is 6. The predicted molar refractivity (Wildman–Crippen MR) is 89.0 cm³/mol. The molecule has 1 heterocycles. The van der Waals surface area contributed by atoms with E-state index in [0.717, 1.165) is 5.56 Å². The standard InChI is InChI=1S/C17H23BO6/c1-11(19)22-10-13-8-7-12(15(20)21-6)9-14(13)18-23-16(2,3)17(4,5)24-18/h7-9H,10H2,1-6H3. The molecule has 0 amide bonds. The van der Waals surface area contributed by atoms with Gasteiger partial charge in [0.15, 0.2) is 0 Å². The number of rotatable bonds is 4. The van der Waals surface area contributed by atoms with Crippen molar-refractivity contribution in [1.82, 2.24) is 0 Å². The molecule has 6 nitrogen and oxygen atoms in total. The molecule has 1 aromatic carbocycles. The number of ether oxygens (including phenoxy) is 2. The van der Waals surface area contributed by atoms with Gasteiger partial charge in [0.1, 0.15) is 6.61 Å². The molecule has 1 aliphatic heterocycles. The lowest BCUT2D eigenvalue weighted by Crippen LogP contribution is -2.41. The number of carbonyl (C=O) groups is 2. The van der Waals surface area contributed by atoms with Crippen LogP contribution < -0.4 is 5.46 Å². The number of esters is 2. The quantitative estimate of drug-likeness (QED) is 0.618. The van der Waals surface area contributed by atoms with Crippen LogP contribution in [-0.2, 0) is 30.2 Å². The minimum Gasteiger partial charge on any atom is -0.465 e. The molecule has 1 aliphatic rings. The summed E-state index contributed by atoms with van der Waals surface area (Å²) in [6.07, 6.45) is 0. The van der Waals surface area contributed by atoms with E-state index in [9.17, 15) is 9.59 Å². The van der Waals surface area contributed by atoms with Gasteiger partial charge in [-0.2, -0.15) is 0 Å². The first-order chi connectivity index (χ1) is 11.1. The summed E-state index contributed by atoms with van der Waals surface area (Å²) in [5.74, 6) is -0.835. The third-order valence-corrected chi connectivity index (χ3v) is 4.51. The molecule has 1 saturated heterocycles. The van der Waals surface area contributed by atoms with Crippen LogP contribution in [0.2, 0.25) is 0 Å². The minimum absolute atomic E-state index is 0.0796. The first-order valence-corrected chi connectivity index (χ1v) is 7.77. The molecule has 2 rings (SSSR count). The van der Waals surface area contributed by atoms with Crippen molar-refractivity contribution in [1.29, 1.82) is 0 Å². The van der Waals surface area contributed by atoms with E-state index >= 15 is 0 Å². The maximum Gasteiger partial charge on any atom is 0.495 e. The summed E-state index contributed by atoms with van der Waals surface area (Å²) >= 11 is 0. The van der Waals surface area contributed by atoms with E-state index in [4.69, 9.17) is 18.8 Å². The third kappa shape index (κ3) is 3.62. The van der Waals surface area contributed by atoms with Gasteiger partial charge in [0.25, 0.3) is 0 Å². The average molecular weight is 334 g/mol. The summed E-state index contributed by atoms with van der Waals surface area (Å²) in [6, 6.07) is 5.00. The molecule has 1 fully saturated rings. The van der Waals surface area contributed by atoms with E-state index in [2.05, 4.69) is 0 Å². The fraction of sp³-hybridized carbons (Fsp3) is 0.529. The predicted octanol–water partition coefficient (Wildman–Crippen LogP) is 1.84. The molecule has 0 aromatic heterocycles. The van der Waals surface area contributed by atoms with E-state index < -0.39 is 24.3 Å². The summed E-state index contributed by atoms with van der Waals surface area (Å²) in [7, 11) is 0.661. The minimum atomic E-state index is -0.662. The van der Waals surface area contributed by atoms with Crippen molar-refractivity contribution in [2.45, 2.75) is 52.4 Å². The highest BCUT2D eigenvalue weighted by Gasteiger charge is 2.52. The SMILES string of the molecule is COC(=O)c1ccc(COC(C)=O)c(B2OC(C)(C)C(C)(C)O2)c1. The van der Waals surface area contributed by atoms with Crippen LogP contribution in [0.5, 0.6) is 0 Å². The lowest BCUT2D eigenvalue weighted by Gasteiger charge is -2.32. The molecular weight excluding hydrogens is 311 g/mol. The highest BCUT2D eigenvalue weighted by molar-refractivity contribution is 6.62. The molecule has 0 radical (unpaired) electrons. The second-order valence-corrected chi connectivity index (χ2v) is 6.77. The van der Waals surface area contributed by atoms with Crippen LogP contribution in [0.4, 0.5) is 0 Å². The fourth-order valence-corrected chi connectivity index (χ4v) is 2.34. The summed E-state index contributed by atoms with van der Waals surface area (Å²) in [6.45, 7) is 9.21. The van der Waals surface area contributed by atoms with Gasteiger partial charge in [-0.25, -0.2) is 4.79 Å². The summed E-state index contributed by atoms with van der Waals surface area (Å²) in [4.78, 5) is 22.9. The molecule has 7 heteroatoms. The van der Waals surface area contributed by atoms with E-state index in [1.165, 1.54) is 14.0 Å². The van der Waals surface area contributed by atoms with E-state index in [1.807, 2.05) is 27.7 Å². The lowest BCUT2D eigenvalue weighted by molar-refractivity contribution is -0.142. The summed E-state index contributed by atoms with van der Waals surface area (Å²) in [5, 5.41) is 0. The Morgan fingerprint density at radius 1 is 1.12 bits per heavy atom. The maximum atomic E-state index is 11.8. The van der Waals surface area contributed by atoms with E-state index in [1.54, 1.807) is 18.2 Å². The molecule has 0 atom stereocenters.